The molecule has 0 saturated heterocycles. The van der Waals surface area contributed by atoms with Crippen LogP contribution in [0, 0.1) is 0 Å². The molecule has 0 atom stereocenters. The van der Waals surface area contributed by atoms with Crippen molar-refractivity contribution in [3.8, 4) is 5.75 Å². The van der Waals surface area contributed by atoms with Crippen LogP contribution in [0.5, 0.6) is 5.75 Å². The molecule has 0 aliphatic rings. The minimum Gasteiger partial charge on any atom is -0.484 e. The van der Waals surface area contributed by atoms with Crippen molar-refractivity contribution >= 4 is 22.6 Å². The van der Waals surface area contributed by atoms with Crippen LogP contribution < -0.4 is 10.1 Å². The fourth-order valence-corrected chi connectivity index (χ4v) is 2.85. The topological polar surface area (TPSA) is 68.3 Å². The lowest BCUT2D eigenvalue weighted by atomic mass is 10.1. The zero-order chi connectivity index (χ0) is 19.1. The number of ether oxygens (including phenoxy) is 1. The van der Waals surface area contributed by atoms with Gasteiger partial charge in [0.1, 0.15) is 5.75 Å². The molecule has 1 amide bonds. The second kappa shape index (κ2) is 8.94. The first-order chi connectivity index (χ1) is 13.2. The number of carbonyl (C=O) groups excluding carboxylic acids is 2. The van der Waals surface area contributed by atoms with Crippen molar-refractivity contribution in [3.63, 3.8) is 0 Å². The fraction of sp³-hybridized carbons (Fsp3) is 0.227. The third-order valence-electron chi connectivity index (χ3n) is 4.30. The molecule has 27 heavy (non-hydrogen) atoms. The molecule has 0 aliphatic heterocycles. The number of ketones is 1. The zero-order valence-corrected chi connectivity index (χ0v) is 15.3. The van der Waals surface area contributed by atoms with Crippen LogP contribution in [0.3, 0.4) is 0 Å². The van der Waals surface area contributed by atoms with E-state index in [4.69, 9.17) is 4.74 Å². The molecule has 3 aromatic rings. The van der Waals surface area contributed by atoms with Gasteiger partial charge in [0.05, 0.1) is 5.52 Å². The van der Waals surface area contributed by atoms with E-state index in [2.05, 4.69) is 10.3 Å². The van der Waals surface area contributed by atoms with Gasteiger partial charge in [-0.25, -0.2) is 0 Å². The SMILES string of the molecule is CCC(=O)c1ccc(OCC(=O)NCCc2cccc3cccnc23)cc1. The lowest BCUT2D eigenvalue weighted by molar-refractivity contribution is -0.123. The van der Waals surface area contributed by atoms with Crippen LogP contribution in [0.15, 0.2) is 60.8 Å². The van der Waals surface area contributed by atoms with Crippen LogP contribution in [-0.2, 0) is 11.2 Å². The van der Waals surface area contributed by atoms with Gasteiger partial charge in [-0.2, -0.15) is 0 Å². The Kier molecular flexibility index (Phi) is 6.15. The molecule has 0 unspecified atom stereocenters. The van der Waals surface area contributed by atoms with Crippen molar-refractivity contribution in [1.29, 1.82) is 0 Å². The molecule has 0 radical (unpaired) electrons. The van der Waals surface area contributed by atoms with E-state index >= 15 is 0 Å². The highest BCUT2D eigenvalue weighted by Crippen LogP contribution is 2.16. The first kappa shape index (κ1) is 18.6. The van der Waals surface area contributed by atoms with Crippen LogP contribution in [0.2, 0.25) is 0 Å². The predicted octanol–water partition coefficient (Wildman–Crippen LogP) is 3.57. The summed E-state index contributed by atoms with van der Waals surface area (Å²) in [6.45, 7) is 2.28. The maximum atomic E-state index is 12.0. The number of benzene rings is 2. The van der Waals surface area contributed by atoms with Crippen molar-refractivity contribution in [1.82, 2.24) is 10.3 Å². The van der Waals surface area contributed by atoms with Crippen molar-refractivity contribution < 1.29 is 14.3 Å². The Morgan fingerprint density at radius 2 is 1.81 bits per heavy atom. The number of aromatic nitrogens is 1. The second-order valence-electron chi connectivity index (χ2n) is 6.18. The van der Waals surface area contributed by atoms with Gasteiger partial charge < -0.3 is 10.1 Å². The van der Waals surface area contributed by atoms with E-state index in [1.165, 1.54) is 0 Å². The summed E-state index contributed by atoms with van der Waals surface area (Å²) in [5.74, 6) is 0.468. The van der Waals surface area contributed by atoms with E-state index in [0.29, 0.717) is 30.7 Å². The summed E-state index contributed by atoms with van der Waals surface area (Å²) < 4.78 is 5.47. The second-order valence-corrected chi connectivity index (χ2v) is 6.18. The molecule has 0 fully saturated rings. The number of para-hydroxylation sites is 1. The molecule has 0 spiro atoms. The Hall–Kier alpha value is -3.21. The Morgan fingerprint density at radius 3 is 2.59 bits per heavy atom. The highest BCUT2D eigenvalue weighted by atomic mass is 16.5. The molecule has 3 rings (SSSR count). The van der Waals surface area contributed by atoms with E-state index in [9.17, 15) is 9.59 Å². The van der Waals surface area contributed by atoms with Crippen LogP contribution in [0.1, 0.15) is 29.3 Å². The number of rotatable bonds is 8. The molecule has 5 heteroatoms. The van der Waals surface area contributed by atoms with Crippen LogP contribution in [0.25, 0.3) is 10.9 Å². The van der Waals surface area contributed by atoms with Gasteiger partial charge in [0.25, 0.3) is 5.91 Å². The zero-order valence-electron chi connectivity index (χ0n) is 15.3. The number of carbonyl (C=O) groups is 2. The lowest BCUT2D eigenvalue weighted by Gasteiger charge is -2.09. The molecule has 0 saturated carbocycles. The van der Waals surface area contributed by atoms with E-state index in [1.54, 1.807) is 30.5 Å². The number of hydrogen-bond acceptors (Lipinski definition) is 4. The van der Waals surface area contributed by atoms with Gasteiger partial charge in [-0.3, -0.25) is 14.6 Å². The van der Waals surface area contributed by atoms with Gasteiger partial charge >= 0.3 is 0 Å². The quantitative estimate of drug-likeness (QED) is 0.622. The summed E-state index contributed by atoms with van der Waals surface area (Å²) in [5.41, 5.74) is 2.72. The molecule has 2 aromatic carbocycles. The van der Waals surface area contributed by atoms with Crippen LogP contribution in [0.4, 0.5) is 0 Å². The summed E-state index contributed by atoms with van der Waals surface area (Å²) >= 11 is 0. The van der Waals surface area contributed by atoms with Crippen molar-refractivity contribution in [3.05, 3.63) is 71.9 Å². The smallest absolute Gasteiger partial charge is 0.257 e. The number of pyridine rings is 1. The number of amides is 1. The number of fused-ring (bicyclic) bond motifs is 1. The maximum absolute atomic E-state index is 12.0. The Balaban J connectivity index is 1.46. The van der Waals surface area contributed by atoms with E-state index < -0.39 is 0 Å². The standard InChI is InChI=1S/C22H22N2O3/c1-2-20(25)16-8-10-19(11-9-16)27-15-21(26)23-14-12-18-6-3-5-17-7-4-13-24-22(17)18/h3-11,13H,2,12,14-15H2,1H3,(H,23,26). The van der Waals surface area contributed by atoms with Gasteiger partial charge in [-0.1, -0.05) is 31.2 Å². The molecule has 1 heterocycles. The third kappa shape index (κ3) is 4.91. The normalized spacial score (nSPS) is 10.6. The van der Waals surface area contributed by atoms with Gasteiger partial charge in [0.2, 0.25) is 0 Å². The monoisotopic (exact) mass is 362 g/mol. The predicted molar refractivity (Wildman–Crippen MR) is 105 cm³/mol. The average molecular weight is 362 g/mol. The molecule has 0 aliphatic carbocycles. The van der Waals surface area contributed by atoms with E-state index in [-0.39, 0.29) is 18.3 Å². The van der Waals surface area contributed by atoms with E-state index in [0.717, 1.165) is 16.5 Å². The fourth-order valence-electron chi connectivity index (χ4n) is 2.85. The highest BCUT2D eigenvalue weighted by molar-refractivity contribution is 5.95. The molecular weight excluding hydrogens is 340 g/mol. The molecule has 0 bridgehead atoms. The lowest BCUT2D eigenvalue weighted by Crippen LogP contribution is -2.30. The van der Waals surface area contributed by atoms with Gasteiger partial charge in [-0.15, -0.1) is 0 Å². The maximum Gasteiger partial charge on any atom is 0.257 e. The minimum absolute atomic E-state index is 0.0607. The number of Topliss-reactive ketones (excluding diaryl/α,β-unsaturated/α-hetero) is 1. The third-order valence-corrected chi connectivity index (χ3v) is 4.30. The van der Waals surface area contributed by atoms with Crippen LogP contribution >= 0.6 is 0 Å². The highest BCUT2D eigenvalue weighted by Gasteiger charge is 2.06. The number of hydrogen-bond donors (Lipinski definition) is 1. The summed E-state index contributed by atoms with van der Waals surface area (Å²) in [5, 5.41) is 3.95. The Labute approximate surface area is 158 Å². The molecular formula is C22H22N2O3. The first-order valence-electron chi connectivity index (χ1n) is 9.02. The number of nitrogens with zero attached hydrogens (tertiary/aromatic N) is 1. The number of nitrogens with one attached hydrogen (secondary N) is 1. The largest absolute Gasteiger partial charge is 0.484 e. The molecule has 1 N–H and O–H groups in total. The van der Waals surface area contributed by atoms with Gasteiger partial charge in [-0.05, 0) is 42.3 Å². The molecule has 138 valence electrons. The minimum atomic E-state index is -0.183. The van der Waals surface area contributed by atoms with Gasteiger partial charge in [0.15, 0.2) is 12.4 Å². The van der Waals surface area contributed by atoms with Crippen LogP contribution in [-0.4, -0.2) is 29.8 Å². The average Bonchev–Trinajstić information content (AvgIpc) is 2.72. The Morgan fingerprint density at radius 1 is 1.04 bits per heavy atom. The van der Waals surface area contributed by atoms with Crippen molar-refractivity contribution in [2.24, 2.45) is 0 Å². The van der Waals surface area contributed by atoms with Crippen molar-refractivity contribution in [2.45, 2.75) is 19.8 Å². The Bertz CT molecular complexity index is 930. The molecule has 5 nitrogen and oxygen atoms in total. The first-order valence-corrected chi connectivity index (χ1v) is 9.02. The van der Waals surface area contributed by atoms with Gasteiger partial charge in [0, 0.05) is 30.1 Å². The summed E-state index contributed by atoms with van der Waals surface area (Å²) in [4.78, 5) is 28.0. The van der Waals surface area contributed by atoms with Crippen molar-refractivity contribution in [2.75, 3.05) is 13.2 Å². The molecule has 1 aromatic heterocycles. The summed E-state index contributed by atoms with van der Waals surface area (Å²) in [7, 11) is 0. The van der Waals surface area contributed by atoms with E-state index in [1.807, 2.05) is 37.3 Å². The summed E-state index contributed by atoms with van der Waals surface area (Å²) in [6.07, 6.45) is 2.94. The summed E-state index contributed by atoms with van der Waals surface area (Å²) in [6, 6.07) is 16.8.